The molecule has 0 saturated carbocycles. The van der Waals surface area contributed by atoms with Crippen molar-refractivity contribution in [3.8, 4) is 0 Å². The number of anilines is 1. The second-order valence-electron chi connectivity index (χ2n) is 4.88. The first kappa shape index (κ1) is 14.1. The highest BCUT2D eigenvalue weighted by Crippen LogP contribution is 2.25. The van der Waals surface area contributed by atoms with Crippen molar-refractivity contribution in [2.45, 2.75) is 13.8 Å². The fourth-order valence-corrected chi connectivity index (χ4v) is 1.91. The second kappa shape index (κ2) is 5.74. The summed E-state index contributed by atoms with van der Waals surface area (Å²) in [5, 5.41) is 4.67. The maximum Gasteiger partial charge on any atom is 0.337 e. The largest absolute Gasteiger partial charge is 0.465 e. The Morgan fingerprint density at radius 2 is 1.90 bits per heavy atom. The molecule has 0 saturated heterocycles. The van der Waals surface area contributed by atoms with Crippen LogP contribution in [-0.2, 0) is 9.53 Å². The van der Waals surface area contributed by atoms with Crippen LogP contribution >= 0.6 is 0 Å². The van der Waals surface area contributed by atoms with E-state index in [2.05, 4.69) is 5.32 Å². The lowest BCUT2D eigenvalue weighted by Gasteiger charge is -2.11. The van der Waals surface area contributed by atoms with Crippen LogP contribution in [0.15, 0.2) is 36.4 Å². The maximum atomic E-state index is 11.8. The van der Waals surface area contributed by atoms with E-state index in [0.717, 1.165) is 16.5 Å². The zero-order valence-electron chi connectivity index (χ0n) is 11.8. The Balaban J connectivity index is 2.43. The zero-order chi connectivity index (χ0) is 14.7. The van der Waals surface area contributed by atoms with Crippen molar-refractivity contribution in [3.63, 3.8) is 0 Å². The Labute approximate surface area is 117 Å². The Bertz CT molecular complexity index is 662. The van der Waals surface area contributed by atoms with Crippen molar-refractivity contribution >= 4 is 28.3 Å². The van der Waals surface area contributed by atoms with Gasteiger partial charge in [0.05, 0.1) is 12.7 Å². The summed E-state index contributed by atoms with van der Waals surface area (Å²) in [6.45, 7) is 3.69. The number of hydrogen-bond donors (Lipinski definition) is 1. The number of rotatable bonds is 3. The molecule has 0 fully saturated rings. The number of hydrogen-bond acceptors (Lipinski definition) is 3. The van der Waals surface area contributed by atoms with E-state index in [1.165, 1.54) is 7.11 Å². The van der Waals surface area contributed by atoms with Crippen LogP contribution in [0, 0.1) is 5.92 Å². The molecule has 0 aliphatic carbocycles. The molecular weight excluding hydrogens is 254 g/mol. The molecule has 2 rings (SSSR count). The molecule has 0 aliphatic heterocycles. The third-order valence-electron chi connectivity index (χ3n) is 3.08. The first-order chi connectivity index (χ1) is 9.52. The third kappa shape index (κ3) is 2.79. The Morgan fingerprint density at radius 3 is 2.55 bits per heavy atom. The number of methoxy groups -OCH3 is 1. The first-order valence-electron chi connectivity index (χ1n) is 6.45. The molecule has 104 valence electrons. The molecule has 0 unspecified atom stereocenters. The number of fused-ring (bicyclic) bond motifs is 1. The van der Waals surface area contributed by atoms with E-state index in [1.54, 1.807) is 12.1 Å². The van der Waals surface area contributed by atoms with Crippen molar-refractivity contribution < 1.29 is 14.3 Å². The highest BCUT2D eigenvalue weighted by atomic mass is 16.5. The molecule has 0 bridgehead atoms. The number of esters is 1. The Kier molecular flexibility index (Phi) is 4.03. The second-order valence-corrected chi connectivity index (χ2v) is 4.88. The zero-order valence-corrected chi connectivity index (χ0v) is 11.8. The van der Waals surface area contributed by atoms with E-state index in [9.17, 15) is 9.59 Å². The van der Waals surface area contributed by atoms with Crippen LogP contribution < -0.4 is 5.32 Å². The standard InChI is InChI=1S/C16H17NO3/c1-10(2)15(18)17-14-6-4-5-11-9-12(16(19)20-3)7-8-13(11)14/h4-10H,1-3H3,(H,17,18). The minimum Gasteiger partial charge on any atom is -0.465 e. The predicted octanol–water partition coefficient (Wildman–Crippen LogP) is 3.22. The number of nitrogens with one attached hydrogen (secondary N) is 1. The van der Waals surface area contributed by atoms with E-state index < -0.39 is 0 Å². The minimum atomic E-state index is -0.372. The van der Waals surface area contributed by atoms with E-state index >= 15 is 0 Å². The number of carbonyl (C=O) groups excluding carboxylic acids is 2. The molecule has 4 heteroatoms. The molecule has 1 amide bonds. The summed E-state index contributed by atoms with van der Waals surface area (Å²) >= 11 is 0. The first-order valence-corrected chi connectivity index (χ1v) is 6.45. The van der Waals surface area contributed by atoms with Gasteiger partial charge in [-0.15, -0.1) is 0 Å². The highest BCUT2D eigenvalue weighted by Gasteiger charge is 2.11. The van der Waals surface area contributed by atoms with Crippen LogP contribution in [0.3, 0.4) is 0 Å². The molecule has 2 aromatic rings. The van der Waals surface area contributed by atoms with E-state index in [1.807, 2.05) is 38.1 Å². The summed E-state index contributed by atoms with van der Waals surface area (Å²) < 4.78 is 4.70. The topological polar surface area (TPSA) is 55.4 Å². The summed E-state index contributed by atoms with van der Waals surface area (Å²) in [4.78, 5) is 23.3. The van der Waals surface area contributed by atoms with Gasteiger partial charge in [0, 0.05) is 17.0 Å². The monoisotopic (exact) mass is 271 g/mol. The van der Waals surface area contributed by atoms with Gasteiger partial charge in [-0.3, -0.25) is 4.79 Å². The van der Waals surface area contributed by atoms with Crippen LogP contribution in [-0.4, -0.2) is 19.0 Å². The lowest BCUT2D eigenvalue weighted by Crippen LogP contribution is -2.17. The lowest BCUT2D eigenvalue weighted by atomic mass is 10.0. The quantitative estimate of drug-likeness (QED) is 0.872. The summed E-state index contributed by atoms with van der Waals surface area (Å²) in [7, 11) is 1.35. The number of benzene rings is 2. The van der Waals surface area contributed by atoms with Gasteiger partial charge in [0.1, 0.15) is 0 Å². The molecule has 4 nitrogen and oxygen atoms in total. The van der Waals surface area contributed by atoms with Gasteiger partial charge in [-0.1, -0.05) is 32.0 Å². The van der Waals surface area contributed by atoms with E-state index in [4.69, 9.17) is 4.74 Å². The fraction of sp³-hybridized carbons (Fsp3) is 0.250. The van der Waals surface area contributed by atoms with Crippen LogP contribution in [0.5, 0.6) is 0 Å². The van der Waals surface area contributed by atoms with Gasteiger partial charge in [-0.05, 0) is 23.6 Å². The van der Waals surface area contributed by atoms with Crippen LogP contribution in [0.2, 0.25) is 0 Å². The average Bonchev–Trinajstić information content (AvgIpc) is 2.46. The molecule has 0 radical (unpaired) electrons. The summed E-state index contributed by atoms with van der Waals surface area (Å²) in [5.41, 5.74) is 1.24. The van der Waals surface area contributed by atoms with Gasteiger partial charge in [0.15, 0.2) is 0 Å². The van der Waals surface area contributed by atoms with Gasteiger partial charge < -0.3 is 10.1 Å². The molecule has 0 aromatic heterocycles. The molecule has 0 atom stereocenters. The van der Waals surface area contributed by atoms with Crippen LogP contribution in [0.25, 0.3) is 10.8 Å². The molecule has 1 N–H and O–H groups in total. The van der Waals surface area contributed by atoms with Crippen molar-refractivity contribution in [3.05, 3.63) is 42.0 Å². The molecular formula is C16H17NO3. The molecule has 2 aromatic carbocycles. The molecule has 0 heterocycles. The maximum absolute atomic E-state index is 11.8. The highest BCUT2D eigenvalue weighted by molar-refractivity contribution is 6.04. The number of ether oxygens (including phenoxy) is 1. The smallest absolute Gasteiger partial charge is 0.337 e. The average molecular weight is 271 g/mol. The Morgan fingerprint density at radius 1 is 1.15 bits per heavy atom. The van der Waals surface area contributed by atoms with Crippen LogP contribution in [0.4, 0.5) is 5.69 Å². The SMILES string of the molecule is COC(=O)c1ccc2c(NC(=O)C(C)C)cccc2c1. The predicted molar refractivity (Wildman–Crippen MR) is 78.8 cm³/mol. The van der Waals surface area contributed by atoms with Crippen molar-refractivity contribution in [2.24, 2.45) is 5.92 Å². The van der Waals surface area contributed by atoms with Gasteiger partial charge in [0.2, 0.25) is 5.91 Å². The van der Waals surface area contributed by atoms with Crippen molar-refractivity contribution in [1.29, 1.82) is 0 Å². The van der Waals surface area contributed by atoms with Crippen molar-refractivity contribution in [1.82, 2.24) is 0 Å². The summed E-state index contributed by atoms with van der Waals surface area (Å²) in [5.74, 6) is -0.488. The van der Waals surface area contributed by atoms with Crippen LogP contribution in [0.1, 0.15) is 24.2 Å². The minimum absolute atomic E-state index is 0.0328. The summed E-state index contributed by atoms with van der Waals surface area (Å²) in [6.07, 6.45) is 0. The van der Waals surface area contributed by atoms with Gasteiger partial charge in [-0.25, -0.2) is 4.79 Å². The molecule has 0 spiro atoms. The molecule has 20 heavy (non-hydrogen) atoms. The van der Waals surface area contributed by atoms with Gasteiger partial charge >= 0.3 is 5.97 Å². The van der Waals surface area contributed by atoms with Gasteiger partial charge in [-0.2, -0.15) is 0 Å². The Hall–Kier alpha value is -2.36. The number of amides is 1. The van der Waals surface area contributed by atoms with Crippen molar-refractivity contribution in [2.75, 3.05) is 12.4 Å². The fourth-order valence-electron chi connectivity index (χ4n) is 1.91. The van der Waals surface area contributed by atoms with E-state index in [-0.39, 0.29) is 17.8 Å². The van der Waals surface area contributed by atoms with Gasteiger partial charge in [0.25, 0.3) is 0 Å². The molecule has 0 aliphatic rings. The lowest BCUT2D eigenvalue weighted by molar-refractivity contribution is -0.118. The van der Waals surface area contributed by atoms with E-state index in [0.29, 0.717) is 5.56 Å². The normalized spacial score (nSPS) is 10.6. The summed E-state index contributed by atoms with van der Waals surface area (Å²) in [6, 6.07) is 10.9. The number of carbonyl (C=O) groups is 2. The third-order valence-corrected chi connectivity index (χ3v) is 3.08.